The van der Waals surface area contributed by atoms with Crippen LogP contribution in [0.25, 0.3) is 0 Å². The summed E-state index contributed by atoms with van der Waals surface area (Å²) in [6, 6.07) is -0.135. The molecule has 1 aliphatic rings. The van der Waals surface area contributed by atoms with Crippen molar-refractivity contribution in [2.45, 2.75) is 45.3 Å². The van der Waals surface area contributed by atoms with Crippen LogP contribution >= 0.6 is 11.3 Å². The average Bonchev–Trinajstić information content (AvgIpc) is 3.11. The van der Waals surface area contributed by atoms with Crippen LogP contribution in [0.1, 0.15) is 55.2 Å². The third kappa shape index (κ3) is 4.20. The Balaban J connectivity index is 2.13. The van der Waals surface area contributed by atoms with Crippen molar-refractivity contribution in [1.82, 2.24) is 14.9 Å². The van der Waals surface area contributed by atoms with Gasteiger partial charge in [-0.05, 0) is 33.6 Å². The van der Waals surface area contributed by atoms with Crippen LogP contribution < -0.4 is 0 Å². The summed E-state index contributed by atoms with van der Waals surface area (Å²) in [5.74, 6) is -0.309. The number of likely N-dealkylation sites (tertiary alicyclic amines) is 1. The lowest BCUT2D eigenvalue weighted by atomic mass is 10.2. The van der Waals surface area contributed by atoms with Crippen LogP contribution in [0, 0.1) is 0 Å². The third-order valence-electron chi connectivity index (χ3n) is 3.47. The highest BCUT2D eigenvalue weighted by molar-refractivity contribution is 7.09. The molecule has 2 rings (SSSR count). The number of rotatable bonds is 3. The fourth-order valence-electron chi connectivity index (χ4n) is 2.35. The van der Waals surface area contributed by atoms with Crippen molar-refractivity contribution in [3.05, 3.63) is 16.1 Å². The number of carbonyl (C=O) groups is 2. The van der Waals surface area contributed by atoms with E-state index in [0.29, 0.717) is 12.2 Å². The molecule has 1 aromatic rings. The highest BCUT2D eigenvalue weighted by atomic mass is 32.1. The molecule has 128 valence electrons. The van der Waals surface area contributed by atoms with Gasteiger partial charge in [0.15, 0.2) is 0 Å². The molecule has 2 amide bonds. The molecule has 1 atom stereocenters. The second-order valence-corrected chi connectivity index (χ2v) is 7.28. The summed E-state index contributed by atoms with van der Waals surface area (Å²) in [4.78, 5) is 35.3. The van der Waals surface area contributed by atoms with Crippen molar-refractivity contribution in [3.63, 3.8) is 0 Å². The van der Waals surface area contributed by atoms with E-state index in [1.807, 2.05) is 20.8 Å². The van der Waals surface area contributed by atoms with Crippen LogP contribution in [0.15, 0.2) is 5.38 Å². The zero-order valence-corrected chi connectivity index (χ0v) is 15.0. The number of hydrogen-bond acceptors (Lipinski definition) is 6. The number of thiazole rings is 1. The van der Waals surface area contributed by atoms with Crippen molar-refractivity contribution >= 4 is 23.3 Å². The molecule has 8 heteroatoms. The zero-order valence-electron chi connectivity index (χ0n) is 14.2. The minimum absolute atomic E-state index is 0.135. The smallest absolute Gasteiger partial charge is 0.410 e. The normalized spacial score (nSPS) is 18.1. The molecular weight excluding hydrogens is 318 g/mol. The molecule has 1 aliphatic heterocycles. The third-order valence-corrected chi connectivity index (χ3v) is 4.41. The Hall–Kier alpha value is -1.67. The maximum absolute atomic E-state index is 12.3. The van der Waals surface area contributed by atoms with E-state index in [9.17, 15) is 9.59 Å². The summed E-state index contributed by atoms with van der Waals surface area (Å²) in [5.41, 5.74) is -0.208. The molecular formula is C15H23N3O4S. The maximum Gasteiger partial charge on any atom is 0.410 e. The highest BCUT2D eigenvalue weighted by Crippen LogP contribution is 2.34. The van der Waals surface area contributed by atoms with Gasteiger partial charge >= 0.3 is 6.09 Å². The van der Waals surface area contributed by atoms with Gasteiger partial charge in [-0.25, -0.2) is 14.8 Å². The van der Waals surface area contributed by atoms with Crippen LogP contribution in [-0.2, 0) is 9.57 Å². The molecule has 23 heavy (non-hydrogen) atoms. The van der Waals surface area contributed by atoms with Crippen molar-refractivity contribution in [3.8, 4) is 0 Å². The predicted molar refractivity (Wildman–Crippen MR) is 86.1 cm³/mol. The van der Waals surface area contributed by atoms with E-state index in [4.69, 9.17) is 9.57 Å². The van der Waals surface area contributed by atoms with Gasteiger partial charge in [0.05, 0.1) is 13.2 Å². The minimum atomic E-state index is -0.532. The molecule has 1 fully saturated rings. The van der Waals surface area contributed by atoms with Crippen LogP contribution in [0.5, 0.6) is 0 Å². The fourth-order valence-corrected chi connectivity index (χ4v) is 3.28. The van der Waals surface area contributed by atoms with Gasteiger partial charge in [0.25, 0.3) is 5.91 Å². The summed E-state index contributed by atoms with van der Waals surface area (Å²) in [6.45, 7) is 6.17. The summed E-state index contributed by atoms with van der Waals surface area (Å²) in [6.07, 6.45) is 1.38. The van der Waals surface area contributed by atoms with Crippen LogP contribution in [-0.4, -0.2) is 53.3 Å². The Kier molecular flexibility index (Phi) is 5.26. The number of hydrogen-bond donors (Lipinski definition) is 0. The van der Waals surface area contributed by atoms with E-state index < -0.39 is 5.60 Å². The lowest BCUT2D eigenvalue weighted by Crippen LogP contribution is -2.36. The lowest BCUT2D eigenvalue weighted by molar-refractivity contribution is -0.0760. The molecule has 0 spiro atoms. The van der Waals surface area contributed by atoms with Crippen molar-refractivity contribution in [2.24, 2.45) is 0 Å². The first-order valence-corrected chi connectivity index (χ1v) is 8.38. The molecule has 7 nitrogen and oxygen atoms in total. The van der Waals surface area contributed by atoms with Crippen LogP contribution in [0.3, 0.4) is 0 Å². The summed E-state index contributed by atoms with van der Waals surface area (Å²) >= 11 is 1.38. The Labute approximate surface area is 140 Å². The standard InChI is InChI=1S/C15H23N3O4S/c1-15(2,3)22-14(20)18-8-6-7-11(18)12-16-10(9-23-12)13(19)17(4)21-5/h9,11H,6-8H2,1-5H3. The number of amides is 2. The van der Waals surface area contributed by atoms with E-state index in [1.54, 1.807) is 10.3 Å². The SMILES string of the molecule is CON(C)C(=O)c1csc(C2CCCN2C(=O)OC(C)(C)C)n1. The first-order valence-electron chi connectivity index (χ1n) is 7.50. The number of hydroxylamine groups is 2. The topological polar surface area (TPSA) is 72.0 Å². The van der Waals surface area contributed by atoms with Gasteiger partial charge in [0.2, 0.25) is 0 Å². The number of carbonyl (C=O) groups excluding carboxylic acids is 2. The Bertz CT molecular complexity index is 582. The first kappa shape index (κ1) is 17.7. The van der Waals surface area contributed by atoms with E-state index in [-0.39, 0.29) is 18.0 Å². The second-order valence-electron chi connectivity index (χ2n) is 6.39. The van der Waals surface area contributed by atoms with E-state index in [2.05, 4.69) is 4.98 Å². The molecule has 0 saturated carbocycles. The van der Waals surface area contributed by atoms with Gasteiger partial charge in [-0.1, -0.05) is 0 Å². The van der Waals surface area contributed by atoms with E-state index >= 15 is 0 Å². The molecule has 0 radical (unpaired) electrons. The minimum Gasteiger partial charge on any atom is -0.444 e. The number of ether oxygens (including phenoxy) is 1. The summed E-state index contributed by atoms with van der Waals surface area (Å²) < 4.78 is 5.45. The van der Waals surface area contributed by atoms with Crippen molar-refractivity contribution in [1.29, 1.82) is 0 Å². The van der Waals surface area contributed by atoms with E-state index in [0.717, 1.165) is 22.9 Å². The largest absolute Gasteiger partial charge is 0.444 e. The van der Waals surface area contributed by atoms with Crippen molar-refractivity contribution < 1.29 is 19.2 Å². The molecule has 1 unspecified atom stereocenters. The van der Waals surface area contributed by atoms with Crippen LogP contribution in [0.4, 0.5) is 4.79 Å². The summed E-state index contributed by atoms with van der Waals surface area (Å²) in [5, 5.41) is 3.57. The molecule has 0 aliphatic carbocycles. The highest BCUT2D eigenvalue weighted by Gasteiger charge is 2.35. The first-order chi connectivity index (χ1) is 10.7. The quantitative estimate of drug-likeness (QED) is 0.791. The van der Waals surface area contributed by atoms with Gasteiger partial charge in [-0.3, -0.25) is 14.5 Å². The molecule has 1 aromatic heterocycles. The zero-order chi connectivity index (χ0) is 17.2. The number of nitrogens with zero attached hydrogens (tertiary/aromatic N) is 3. The predicted octanol–water partition coefficient (Wildman–Crippen LogP) is 2.85. The molecule has 0 N–H and O–H groups in total. The fraction of sp³-hybridized carbons (Fsp3) is 0.667. The molecule has 1 saturated heterocycles. The van der Waals surface area contributed by atoms with E-state index in [1.165, 1.54) is 25.5 Å². The molecule has 0 bridgehead atoms. The maximum atomic E-state index is 12.3. The van der Waals surface area contributed by atoms with Gasteiger partial charge in [-0.2, -0.15) is 0 Å². The molecule has 0 aromatic carbocycles. The lowest BCUT2D eigenvalue weighted by Gasteiger charge is -2.27. The summed E-state index contributed by atoms with van der Waals surface area (Å²) in [7, 11) is 2.95. The van der Waals surface area contributed by atoms with Gasteiger partial charge < -0.3 is 4.74 Å². The van der Waals surface area contributed by atoms with Crippen molar-refractivity contribution in [2.75, 3.05) is 20.7 Å². The van der Waals surface area contributed by atoms with Gasteiger partial charge in [-0.15, -0.1) is 11.3 Å². The Morgan fingerprint density at radius 3 is 2.74 bits per heavy atom. The van der Waals surface area contributed by atoms with Crippen LogP contribution in [0.2, 0.25) is 0 Å². The number of aromatic nitrogens is 1. The molecule has 2 heterocycles. The second kappa shape index (κ2) is 6.84. The van der Waals surface area contributed by atoms with Gasteiger partial charge in [0.1, 0.15) is 16.3 Å². The monoisotopic (exact) mass is 341 g/mol. The van der Waals surface area contributed by atoms with Gasteiger partial charge in [0, 0.05) is 19.0 Å². The Morgan fingerprint density at radius 1 is 1.43 bits per heavy atom. The Morgan fingerprint density at radius 2 is 2.13 bits per heavy atom. The average molecular weight is 341 g/mol.